The van der Waals surface area contributed by atoms with Crippen LogP contribution in [0.3, 0.4) is 0 Å². The molecule has 2 aromatic rings. The summed E-state index contributed by atoms with van der Waals surface area (Å²) in [6.45, 7) is 0.637. The molecule has 5 heteroatoms. The molecule has 126 valence electrons. The number of benzene rings is 2. The maximum atomic E-state index is 11.5. The number of carbonyl (C=O) groups is 1. The third kappa shape index (κ3) is 4.16. The van der Waals surface area contributed by atoms with Crippen LogP contribution in [0.4, 0.5) is 0 Å². The molecule has 2 aromatic carbocycles. The highest BCUT2D eigenvalue weighted by Gasteiger charge is 2.31. The minimum absolute atomic E-state index is 0.0367. The fraction of sp³-hybridized carbons (Fsp3) is 0.316. The first kappa shape index (κ1) is 17.0. The summed E-state index contributed by atoms with van der Waals surface area (Å²) >= 11 is 3.59. The predicted octanol–water partition coefficient (Wildman–Crippen LogP) is 3.32. The zero-order valence-corrected chi connectivity index (χ0v) is 15.1. The largest absolute Gasteiger partial charge is 0.488 e. The van der Waals surface area contributed by atoms with E-state index < -0.39 is 0 Å². The number of ether oxygens (including phenoxy) is 2. The van der Waals surface area contributed by atoms with Gasteiger partial charge in [-0.25, -0.2) is 0 Å². The molecule has 24 heavy (non-hydrogen) atoms. The van der Waals surface area contributed by atoms with Gasteiger partial charge in [0.2, 0.25) is 0 Å². The topological polar surface area (TPSA) is 47.6 Å². The number of hydrogen-bond donors (Lipinski definition) is 1. The smallest absolute Gasteiger partial charge is 0.323 e. The van der Waals surface area contributed by atoms with Crippen LogP contribution in [0.15, 0.2) is 53.0 Å². The number of rotatable bonds is 5. The molecule has 1 heterocycles. The molecule has 1 N–H and O–H groups in total. The Hall–Kier alpha value is -1.85. The Morgan fingerprint density at radius 3 is 2.71 bits per heavy atom. The van der Waals surface area contributed by atoms with E-state index in [4.69, 9.17) is 9.47 Å². The van der Waals surface area contributed by atoms with Gasteiger partial charge in [0.05, 0.1) is 11.6 Å². The molecular formula is C19H20BrNO3. The second-order valence-corrected chi connectivity index (χ2v) is 6.74. The monoisotopic (exact) mass is 389 g/mol. The van der Waals surface area contributed by atoms with E-state index in [2.05, 4.69) is 45.5 Å². The molecule has 0 bridgehead atoms. The molecule has 0 aromatic heterocycles. The second-order valence-electron chi connectivity index (χ2n) is 5.89. The molecule has 0 radical (unpaired) electrons. The van der Waals surface area contributed by atoms with Gasteiger partial charge >= 0.3 is 5.97 Å². The number of methoxy groups -OCH3 is 1. The third-order valence-corrected chi connectivity index (χ3v) is 4.74. The van der Waals surface area contributed by atoms with E-state index >= 15 is 0 Å². The number of esters is 1. The van der Waals surface area contributed by atoms with Gasteiger partial charge in [0.25, 0.3) is 0 Å². The van der Waals surface area contributed by atoms with Crippen LogP contribution < -0.4 is 10.1 Å². The average Bonchev–Trinajstić information content (AvgIpc) is 3.06. The van der Waals surface area contributed by atoms with E-state index in [0.717, 1.165) is 16.6 Å². The summed E-state index contributed by atoms with van der Waals surface area (Å²) in [7, 11) is 1.40. The Balaban J connectivity index is 1.62. The molecule has 0 saturated carbocycles. The van der Waals surface area contributed by atoms with Crippen LogP contribution in [0.2, 0.25) is 0 Å². The summed E-state index contributed by atoms with van der Waals surface area (Å²) in [5.41, 5.74) is 2.50. The minimum Gasteiger partial charge on any atom is -0.488 e. The third-order valence-electron chi connectivity index (χ3n) is 4.12. The van der Waals surface area contributed by atoms with Crippen LogP contribution in [0, 0.1) is 0 Å². The Bertz CT molecular complexity index is 705. The highest BCUT2D eigenvalue weighted by Crippen LogP contribution is 2.29. The van der Waals surface area contributed by atoms with E-state index in [-0.39, 0.29) is 18.1 Å². The maximum Gasteiger partial charge on any atom is 0.323 e. The molecule has 1 saturated heterocycles. The van der Waals surface area contributed by atoms with Gasteiger partial charge in [-0.2, -0.15) is 0 Å². The van der Waals surface area contributed by atoms with Gasteiger partial charge in [-0.3, -0.25) is 4.79 Å². The van der Waals surface area contributed by atoms with Crippen molar-refractivity contribution in [2.24, 2.45) is 0 Å². The van der Waals surface area contributed by atoms with E-state index in [9.17, 15) is 4.79 Å². The standard InChI is InChI=1S/C19H20BrNO3/c1-23-19(22)17-11-15(12-21-17)24-18-8-7-14(10-16(18)20)9-13-5-3-2-4-6-13/h2-8,10,15,17,21H,9,11-12H2,1H3/t15-,17+/m1/s1. The van der Waals surface area contributed by atoms with Gasteiger partial charge in [0.1, 0.15) is 17.9 Å². The summed E-state index contributed by atoms with van der Waals surface area (Å²) in [6, 6.07) is 16.2. The number of nitrogens with one attached hydrogen (secondary N) is 1. The van der Waals surface area contributed by atoms with Gasteiger partial charge in [0, 0.05) is 13.0 Å². The van der Waals surface area contributed by atoms with Gasteiger partial charge in [-0.15, -0.1) is 0 Å². The molecule has 3 rings (SSSR count). The maximum absolute atomic E-state index is 11.5. The van der Waals surface area contributed by atoms with Gasteiger partial charge < -0.3 is 14.8 Å². The van der Waals surface area contributed by atoms with Crippen molar-refractivity contribution in [3.05, 3.63) is 64.1 Å². The van der Waals surface area contributed by atoms with Crippen molar-refractivity contribution in [1.29, 1.82) is 0 Å². The minimum atomic E-state index is -0.281. The quantitative estimate of drug-likeness (QED) is 0.796. The fourth-order valence-electron chi connectivity index (χ4n) is 2.88. The summed E-state index contributed by atoms with van der Waals surface area (Å²) < 4.78 is 11.7. The molecule has 0 amide bonds. The lowest BCUT2D eigenvalue weighted by atomic mass is 10.1. The molecular weight excluding hydrogens is 370 g/mol. The van der Waals surface area contributed by atoms with Crippen LogP contribution in [-0.2, 0) is 16.0 Å². The molecule has 4 nitrogen and oxygen atoms in total. The second kappa shape index (κ2) is 7.81. The Labute approximate surface area is 150 Å². The van der Waals surface area contributed by atoms with E-state index in [1.807, 2.05) is 24.3 Å². The highest BCUT2D eigenvalue weighted by molar-refractivity contribution is 9.10. The summed E-state index contributed by atoms with van der Waals surface area (Å²) in [4.78, 5) is 11.5. The highest BCUT2D eigenvalue weighted by atomic mass is 79.9. The lowest BCUT2D eigenvalue weighted by Crippen LogP contribution is -2.31. The van der Waals surface area contributed by atoms with Crippen LogP contribution in [0.25, 0.3) is 0 Å². The van der Waals surface area contributed by atoms with Crippen LogP contribution in [-0.4, -0.2) is 31.8 Å². The van der Waals surface area contributed by atoms with E-state index in [0.29, 0.717) is 13.0 Å². The summed E-state index contributed by atoms with van der Waals surface area (Å²) in [5, 5.41) is 3.13. The molecule has 0 spiro atoms. The normalized spacial score (nSPS) is 19.9. The van der Waals surface area contributed by atoms with Crippen molar-refractivity contribution >= 4 is 21.9 Å². The van der Waals surface area contributed by atoms with Crippen molar-refractivity contribution in [2.45, 2.75) is 25.0 Å². The van der Waals surface area contributed by atoms with Crippen LogP contribution in [0.1, 0.15) is 17.5 Å². The Kier molecular flexibility index (Phi) is 5.53. The van der Waals surface area contributed by atoms with Crippen LogP contribution >= 0.6 is 15.9 Å². The first-order valence-electron chi connectivity index (χ1n) is 7.96. The molecule has 1 aliphatic heterocycles. The van der Waals surface area contributed by atoms with Gasteiger partial charge in [0.15, 0.2) is 0 Å². The average molecular weight is 390 g/mol. The summed E-state index contributed by atoms with van der Waals surface area (Å²) in [5.74, 6) is 0.558. The lowest BCUT2D eigenvalue weighted by molar-refractivity contribution is -0.142. The van der Waals surface area contributed by atoms with E-state index in [1.165, 1.54) is 18.2 Å². The number of hydrogen-bond acceptors (Lipinski definition) is 4. The van der Waals surface area contributed by atoms with Gasteiger partial charge in [-0.05, 0) is 45.6 Å². The molecule has 0 unspecified atom stereocenters. The summed E-state index contributed by atoms with van der Waals surface area (Å²) in [6.07, 6.45) is 1.46. The Morgan fingerprint density at radius 1 is 1.21 bits per heavy atom. The Morgan fingerprint density at radius 2 is 2.00 bits per heavy atom. The van der Waals surface area contributed by atoms with Gasteiger partial charge in [-0.1, -0.05) is 36.4 Å². The van der Waals surface area contributed by atoms with Crippen molar-refractivity contribution in [3.63, 3.8) is 0 Å². The zero-order valence-electron chi connectivity index (χ0n) is 13.5. The first-order valence-corrected chi connectivity index (χ1v) is 8.75. The van der Waals surface area contributed by atoms with Crippen molar-refractivity contribution in [1.82, 2.24) is 5.32 Å². The molecule has 1 fully saturated rings. The number of halogens is 1. The molecule has 1 aliphatic rings. The molecule has 0 aliphatic carbocycles. The lowest BCUT2D eigenvalue weighted by Gasteiger charge is -2.15. The van der Waals surface area contributed by atoms with E-state index in [1.54, 1.807) is 0 Å². The van der Waals surface area contributed by atoms with Crippen molar-refractivity contribution in [3.8, 4) is 5.75 Å². The fourth-order valence-corrected chi connectivity index (χ4v) is 3.40. The predicted molar refractivity (Wildman–Crippen MR) is 96.2 cm³/mol. The first-order chi connectivity index (χ1) is 11.7. The van der Waals surface area contributed by atoms with Crippen LogP contribution in [0.5, 0.6) is 5.75 Å². The van der Waals surface area contributed by atoms with Crippen molar-refractivity contribution < 1.29 is 14.3 Å². The SMILES string of the molecule is COC(=O)[C@@H]1C[C@@H](Oc2ccc(Cc3ccccc3)cc2Br)CN1. The molecule has 2 atom stereocenters. The zero-order chi connectivity index (χ0) is 16.9. The van der Waals surface area contributed by atoms with Crippen molar-refractivity contribution in [2.75, 3.05) is 13.7 Å². The number of carbonyl (C=O) groups excluding carboxylic acids is 1.